The lowest BCUT2D eigenvalue weighted by Crippen LogP contribution is -2.63. The van der Waals surface area contributed by atoms with Crippen LogP contribution in [0, 0.1) is 23.7 Å². The molecule has 0 spiro atoms. The number of likely N-dealkylation sites (N-methyl/N-ethyl adjacent to an activating group) is 1. The second kappa shape index (κ2) is 29.5. The zero-order valence-corrected chi connectivity index (χ0v) is 55.5. The van der Waals surface area contributed by atoms with Gasteiger partial charge in [-0.25, -0.2) is 9.59 Å². The SMILES string of the molecule is CC[C@H]1OC(=O)[C@H](C)[C@@H](O[C@H]2C[C@@](C)(OC)[C@@H](O)[C@H](C)O2)[C@H](C)[C@@H](O[C@@H]2O[C@H](C)C[C@H](N(C)C(=O)N3CCOCC3)[C@H]2O)[C@](C)(OC)C[C@@H](C)C(=O)[C@H](C)[C@H]2N(CCCN(Cc3c(Cl)cncc3Cl)c3ccc(OC)c(OC4CCCC4)c3)C(=O)O[C@]12C. The van der Waals surface area contributed by atoms with Gasteiger partial charge in [-0.2, -0.15) is 0 Å². The fourth-order valence-electron chi connectivity index (χ4n) is 14.5. The summed E-state index contributed by atoms with van der Waals surface area (Å²) >= 11 is 13.6. The first-order chi connectivity index (χ1) is 41.7. The number of carbonyl (C=O) groups is 4. The Morgan fingerprint density at radius 2 is 1.55 bits per heavy atom. The number of pyridine rings is 1. The molecule has 5 aliphatic heterocycles. The summed E-state index contributed by atoms with van der Waals surface area (Å²) in [7, 11) is 6.28. The van der Waals surface area contributed by atoms with Gasteiger partial charge in [0.05, 0.1) is 90.1 Å². The summed E-state index contributed by atoms with van der Waals surface area (Å²) in [5.74, 6) is -3.39. The maximum absolute atomic E-state index is 15.6. The zero-order chi connectivity index (χ0) is 64.2. The molecule has 0 bridgehead atoms. The first-order valence-electron chi connectivity index (χ1n) is 31.5. The lowest BCUT2D eigenvalue weighted by molar-refractivity contribution is -0.319. The van der Waals surface area contributed by atoms with E-state index in [1.807, 2.05) is 52.8 Å². The number of aliphatic hydroxyl groups is 2. The predicted octanol–water partition coefficient (Wildman–Crippen LogP) is 8.86. The molecule has 494 valence electrons. The quantitative estimate of drug-likeness (QED) is 0.133. The number of methoxy groups -OCH3 is 3. The number of hydrogen-bond acceptors (Lipinski definition) is 19. The number of hydrogen-bond donors (Lipinski definition) is 2. The van der Waals surface area contributed by atoms with E-state index in [0.717, 1.165) is 31.4 Å². The van der Waals surface area contributed by atoms with Crippen molar-refractivity contribution in [1.29, 1.82) is 0 Å². The Morgan fingerprint density at radius 3 is 2.18 bits per heavy atom. The molecule has 1 aromatic carbocycles. The van der Waals surface area contributed by atoms with Crippen LogP contribution in [0.5, 0.6) is 11.5 Å². The number of halogens is 2. The second-order valence-corrected chi connectivity index (χ2v) is 26.7. The second-order valence-electron chi connectivity index (χ2n) is 25.9. The molecule has 5 saturated heterocycles. The van der Waals surface area contributed by atoms with Crippen molar-refractivity contribution in [1.82, 2.24) is 19.7 Å². The number of amides is 3. The normalized spacial score (nSPS) is 36.3. The van der Waals surface area contributed by atoms with Crippen LogP contribution in [0.25, 0.3) is 0 Å². The van der Waals surface area contributed by atoms with Gasteiger partial charge < -0.3 is 81.9 Å². The van der Waals surface area contributed by atoms with Gasteiger partial charge in [0.15, 0.2) is 29.7 Å². The molecule has 0 radical (unpaired) electrons. The van der Waals surface area contributed by atoms with E-state index in [2.05, 4.69) is 9.88 Å². The van der Waals surface area contributed by atoms with Crippen LogP contribution in [0.3, 0.4) is 0 Å². The average Bonchev–Trinajstić information content (AvgIpc) is 1.96. The highest BCUT2D eigenvalue weighted by Crippen LogP contribution is 2.46. The van der Waals surface area contributed by atoms with Crippen LogP contribution in [-0.2, 0) is 58.8 Å². The van der Waals surface area contributed by atoms with Crippen molar-refractivity contribution < 1.29 is 81.5 Å². The smallest absolute Gasteiger partial charge is 0.410 e. The summed E-state index contributed by atoms with van der Waals surface area (Å²) in [6, 6.07) is 3.77. The van der Waals surface area contributed by atoms with E-state index in [1.54, 1.807) is 71.0 Å². The van der Waals surface area contributed by atoms with E-state index in [4.69, 9.17) is 75.3 Å². The fourth-order valence-corrected chi connectivity index (χ4v) is 15.0. The molecule has 24 heteroatoms. The highest BCUT2D eigenvalue weighted by molar-refractivity contribution is 6.35. The van der Waals surface area contributed by atoms with Gasteiger partial charge in [-0.05, 0) is 105 Å². The number of ether oxygens (including phenoxy) is 11. The largest absolute Gasteiger partial charge is 0.493 e. The molecular formula is C64H97Cl2N5O17. The van der Waals surface area contributed by atoms with E-state index in [1.165, 1.54) is 19.1 Å². The molecule has 22 nitrogen and oxygen atoms in total. The Morgan fingerprint density at radius 1 is 0.875 bits per heavy atom. The minimum absolute atomic E-state index is 0.0359. The van der Waals surface area contributed by atoms with Crippen molar-refractivity contribution >= 4 is 52.8 Å². The molecule has 1 aromatic heterocycles. The predicted molar refractivity (Wildman–Crippen MR) is 327 cm³/mol. The zero-order valence-electron chi connectivity index (χ0n) is 53.9. The van der Waals surface area contributed by atoms with E-state index in [-0.39, 0.29) is 50.3 Å². The van der Waals surface area contributed by atoms with Gasteiger partial charge in [-0.15, -0.1) is 0 Å². The van der Waals surface area contributed by atoms with Crippen LogP contribution in [0.15, 0.2) is 30.6 Å². The number of aliphatic hydroxyl groups excluding tert-OH is 2. The highest BCUT2D eigenvalue weighted by Gasteiger charge is 2.61. The number of morpholine rings is 1. The van der Waals surface area contributed by atoms with Gasteiger partial charge in [0, 0.05) is 108 Å². The number of rotatable bonds is 18. The number of aromatic nitrogens is 1. The van der Waals surface area contributed by atoms with Gasteiger partial charge in [0.25, 0.3) is 0 Å². The number of anilines is 1. The summed E-state index contributed by atoms with van der Waals surface area (Å²) < 4.78 is 70.4. The minimum Gasteiger partial charge on any atom is -0.493 e. The summed E-state index contributed by atoms with van der Waals surface area (Å²) in [5.41, 5.74) is -2.66. The Labute approximate surface area is 529 Å². The number of carbonyl (C=O) groups excluding carboxylic acids is 4. The Bertz CT molecular complexity index is 2690. The topological polar surface area (TPSA) is 236 Å². The molecule has 18 atom stereocenters. The molecule has 88 heavy (non-hydrogen) atoms. The fraction of sp³-hybridized carbons (Fsp3) is 0.766. The molecule has 1 aliphatic carbocycles. The van der Waals surface area contributed by atoms with Crippen LogP contribution in [0.4, 0.5) is 15.3 Å². The van der Waals surface area contributed by atoms with Gasteiger partial charge >= 0.3 is 18.1 Å². The third-order valence-corrected chi connectivity index (χ3v) is 20.4. The molecule has 0 unspecified atom stereocenters. The highest BCUT2D eigenvalue weighted by atomic mass is 35.5. The summed E-state index contributed by atoms with van der Waals surface area (Å²) in [5, 5.41) is 24.5. The van der Waals surface area contributed by atoms with Crippen molar-refractivity contribution in [3.63, 3.8) is 0 Å². The summed E-state index contributed by atoms with van der Waals surface area (Å²) in [4.78, 5) is 70.9. The molecular weight excluding hydrogens is 1180 g/mol. The Kier molecular flexibility index (Phi) is 23.3. The maximum Gasteiger partial charge on any atom is 0.410 e. The number of esters is 1. The van der Waals surface area contributed by atoms with Crippen molar-refractivity contribution in [2.75, 3.05) is 72.7 Å². The van der Waals surface area contributed by atoms with E-state index >= 15 is 9.59 Å². The molecule has 2 aromatic rings. The Balaban J connectivity index is 1.15. The van der Waals surface area contributed by atoms with E-state index in [9.17, 15) is 19.8 Å². The molecule has 3 amide bonds. The van der Waals surface area contributed by atoms with Gasteiger partial charge in [-0.1, -0.05) is 50.9 Å². The van der Waals surface area contributed by atoms with Crippen LogP contribution in [-0.4, -0.2) is 212 Å². The van der Waals surface area contributed by atoms with Crippen LogP contribution < -0.4 is 14.4 Å². The Hall–Kier alpha value is -4.33. The third kappa shape index (κ3) is 14.9. The molecule has 2 N–H and O–H groups in total. The number of Topliss-reactive ketones (excluding diaryl/α,β-unsaturated/α-hetero) is 1. The van der Waals surface area contributed by atoms with Crippen molar-refractivity contribution in [3.8, 4) is 11.5 Å². The lowest BCUT2D eigenvalue weighted by atomic mass is 9.73. The first kappa shape index (κ1) is 69.6. The number of fused-ring (bicyclic) bond motifs is 1. The van der Waals surface area contributed by atoms with Crippen LogP contribution in [0.1, 0.15) is 133 Å². The number of urea groups is 1. The minimum atomic E-state index is -1.56. The number of nitrogens with zero attached hydrogens (tertiary/aromatic N) is 5. The summed E-state index contributed by atoms with van der Waals surface area (Å²) in [6.07, 6.45) is -1.96. The molecule has 6 fully saturated rings. The molecule has 8 rings (SSSR count). The number of ketones is 1. The van der Waals surface area contributed by atoms with Gasteiger partial charge in [0.2, 0.25) is 0 Å². The van der Waals surface area contributed by atoms with Crippen LogP contribution >= 0.6 is 23.2 Å². The van der Waals surface area contributed by atoms with Crippen LogP contribution in [0.2, 0.25) is 10.0 Å². The summed E-state index contributed by atoms with van der Waals surface area (Å²) in [6.45, 7) is 20.1. The monoisotopic (exact) mass is 1280 g/mol. The first-order valence-corrected chi connectivity index (χ1v) is 32.3. The lowest BCUT2D eigenvalue weighted by Gasteiger charge is -2.50. The van der Waals surface area contributed by atoms with Crippen molar-refractivity contribution in [2.24, 2.45) is 23.7 Å². The molecule has 6 aliphatic rings. The standard InChI is InChI=1S/C64H97Cl2N5O17/c1-15-50-64(10)55(71(61(77)88-64)24-18-23-70(35-44-45(65)33-67-34-46(44)66)42-21-22-48(78-12)49(30-42)84-43-19-16-17-20-43)38(4)52(72)36(2)31-63(9,80-14)57(87-59-53(73)47(29-37(3)82-59)68(11)60(76)69-25-27-81-28-26-69)39(5)54(40(6)58(75)85-50)86-51-32-62(8,79-13)56(74)41(7)83-51/h21-22,30,33-34,36-41,43,47,50-51,53-57,59,73-74H,15-20,23-29,31-32,35H2,1-14H3/t36-,37-,38+,39+,40-,41+,47+,50-,51+,53-,54+,55-,56+,57-,59+,62-,63-,64-/m1/s1. The van der Waals surface area contributed by atoms with Crippen molar-refractivity contribution in [3.05, 3.63) is 46.2 Å². The molecule has 1 saturated carbocycles. The average molecular weight is 1280 g/mol. The van der Waals surface area contributed by atoms with Gasteiger partial charge in [-0.3, -0.25) is 14.6 Å². The molecule has 6 heterocycles. The number of benzene rings is 1. The van der Waals surface area contributed by atoms with E-state index in [0.29, 0.717) is 72.8 Å². The van der Waals surface area contributed by atoms with E-state index < -0.39 is 120 Å². The van der Waals surface area contributed by atoms with Crippen molar-refractivity contribution in [2.45, 2.75) is 224 Å². The van der Waals surface area contributed by atoms with Gasteiger partial charge in [0.1, 0.15) is 24.1 Å². The number of cyclic esters (lactones) is 1. The maximum atomic E-state index is 15.6. The third-order valence-electron chi connectivity index (χ3n) is 19.8.